The average Bonchev–Trinajstić information content (AvgIpc) is 3.31. The summed E-state index contributed by atoms with van der Waals surface area (Å²) in [6, 6.07) is 10.6. The van der Waals surface area contributed by atoms with E-state index in [1.54, 1.807) is 35.2 Å². The fourth-order valence-corrected chi connectivity index (χ4v) is 3.98. The number of benzene rings is 1. The summed E-state index contributed by atoms with van der Waals surface area (Å²) in [7, 11) is 1.82. The lowest BCUT2D eigenvalue weighted by Gasteiger charge is -2.07. The van der Waals surface area contributed by atoms with Crippen molar-refractivity contribution >= 4 is 33.7 Å². The molecule has 31 heavy (non-hydrogen) atoms. The number of fused-ring (bicyclic) bond motifs is 2. The first-order chi connectivity index (χ1) is 14.9. The Morgan fingerprint density at radius 2 is 1.97 bits per heavy atom. The predicted molar refractivity (Wildman–Crippen MR) is 117 cm³/mol. The van der Waals surface area contributed by atoms with Gasteiger partial charge in [-0.25, -0.2) is 14.4 Å². The summed E-state index contributed by atoms with van der Waals surface area (Å²) in [5, 5.41) is 0.958. The van der Waals surface area contributed by atoms with E-state index in [1.807, 2.05) is 32.2 Å². The van der Waals surface area contributed by atoms with Gasteiger partial charge in [0.2, 0.25) is 5.91 Å². The molecule has 5 rings (SSSR count). The van der Waals surface area contributed by atoms with Crippen LogP contribution in [0.2, 0.25) is 0 Å². The predicted octanol–water partition coefficient (Wildman–Crippen LogP) is 3.90. The third-order valence-corrected chi connectivity index (χ3v) is 5.43. The lowest BCUT2D eigenvalue weighted by atomic mass is 10.0. The van der Waals surface area contributed by atoms with Crippen LogP contribution in [-0.2, 0) is 13.5 Å². The number of halogens is 1. The van der Waals surface area contributed by atoms with E-state index < -0.39 is 5.82 Å². The van der Waals surface area contributed by atoms with E-state index in [9.17, 15) is 4.79 Å². The quantitative estimate of drug-likeness (QED) is 0.483. The minimum Gasteiger partial charge on any atom is -0.383 e. The molecule has 0 unspecified atom stereocenters. The van der Waals surface area contributed by atoms with Gasteiger partial charge in [0.1, 0.15) is 23.6 Å². The number of nitrogen functional groups attached to an aromatic ring is 1. The van der Waals surface area contributed by atoms with Gasteiger partial charge in [-0.2, -0.15) is 0 Å². The minimum atomic E-state index is -0.423. The zero-order valence-electron chi connectivity index (χ0n) is 17.0. The molecule has 0 aliphatic carbocycles. The topological polar surface area (TPSA) is 91.6 Å². The molecule has 0 amide bonds. The normalized spacial score (nSPS) is 11.5. The molecule has 0 aliphatic heterocycles. The highest BCUT2D eigenvalue weighted by Crippen LogP contribution is 2.36. The number of pyridine rings is 1. The molecule has 154 valence electrons. The Morgan fingerprint density at radius 3 is 2.77 bits per heavy atom. The molecule has 0 radical (unpaired) electrons. The number of rotatable bonds is 3. The number of anilines is 1. The molecule has 7 nitrogen and oxygen atoms in total. The lowest BCUT2D eigenvalue weighted by molar-refractivity contribution is 0.0918. The summed E-state index contributed by atoms with van der Waals surface area (Å²) >= 11 is 0. The van der Waals surface area contributed by atoms with E-state index in [0.717, 1.165) is 5.69 Å². The number of nitrogens with zero attached hydrogens (tertiary/aromatic N) is 5. The second-order valence-corrected chi connectivity index (χ2v) is 7.50. The summed E-state index contributed by atoms with van der Waals surface area (Å²) in [6.45, 7) is 1.88. The van der Waals surface area contributed by atoms with Crippen molar-refractivity contribution < 1.29 is 9.18 Å². The highest BCUT2D eigenvalue weighted by atomic mass is 19.1. The zero-order valence-corrected chi connectivity index (χ0v) is 17.0. The van der Waals surface area contributed by atoms with Crippen molar-refractivity contribution in [2.45, 2.75) is 13.3 Å². The first-order valence-corrected chi connectivity index (χ1v) is 9.75. The molecule has 8 heteroatoms. The number of nitrogens with two attached hydrogens (primary N) is 1. The van der Waals surface area contributed by atoms with Crippen LogP contribution in [0.3, 0.4) is 0 Å². The standard InChI is InChI=1S/C23H19FN6O/c1-13-4-3-5-14(28-13)10-19(31)30-9-8-16-18(30)7-6-15(21(16)24)17-11-29(2)23-20(17)22(25)26-12-27-23/h3-9,11-12H,10H2,1-2H3,(H2,25,26,27). The summed E-state index contributed by atoms with van der Waals surface area (Å²) in [5.74, 6) is -0.310. The smallest absolute Gasteiger partial charge is 0.237 e. The van der Waals surface area contributed by atoms with Crippen molar-refractivity contribution in [2.24, 2.45) is 7.05 Å². The average molecular weight is 414 g/mol. The fourth-order valence-electron chi connectivity index (χ4n) is 3.98. The monoisotopic (exact) mass is 414 g/mol. The highest BCUT2D eigenvalue weighted by molar-refractivity contribution is 6.03. The zero-order chi connectivity index (χ0) is 21.7. The van der Waals surface area contributed by atoms with Crippen molar-refractivity contribution in [3.8, 4) is 11.1 Å². The molecular formula is C23H19FN6O. The van der Waals surface area contributed by atoms with Crippen LogP contribution in [0.1, 0.15) is 16.2 Å². The van der Waals surface area contributed by atoms with Gasteiger partial charge in [0.25, 0.3) is 0 Å². The van der Waals surface area contributed by atoms with Gasteiger partial charge in [-0.3, -0.25) is 14.3 Å². The Hall–Kier alpha value is -4.07. The number of aryl methyl sites for hydroxylation is 2. The maximum atomic E-state index is 15.6. The van der Waals surface area contributed by atoms with Gasteiger partial charge in [0.15, 0.2) is 0 Å². The molecule has 5 aromatic rings. The number of carbonyl (C=O) groups excluding carboxylic acids is 1. The summed E-state index contributed by atoms with van der Waals surface area (Å²) in [6.07, 6.45) is 4.89. The SMILES string of the molecule is Cc1cccc(CC(=O)n2ccc3c(F)c(-c4cn(C)c5ncnc(N)c45)ccc32)n1. The van der Waals surface area contributed by atoms with Crippen molar-refractivity contribution in [3.63, 3.8) is 0 Å². The Morgan fingerprint density at radius 1 is 1.13 bits per heavy atom. The van der Waals surface area contributed by atoms with Crippen molar-refractivity contribution in [1.82, 2.24) is 24.1 Å². The first-order valence-electron chi connectivity index (χ1n) is 9.75. The molecule has 1 aromatic carbocycles. The summed E-state index contributed by atoms with van der Waals surface area (Å²) in [5.41, 5.74) is 9.69. The van der Waals surface area contributed by atoms with Gasteiger partial charge in [0.05, 0.1) is 17.3 Å². The van der Waals surface area contributed by atoms with Crippen molar-refractivity contribution in [1.29, 1.82) is 0 Å². The Bertz CT molecular complexity index is 1480. The molecule has 0 atom stereocenters. The molecule has 0 saturated heterocycles. The Labute approximate surface area is 177 Å². The summed E-state index contributed by atoms with van der Waals surface area (Å²) in [4.78, 5) is 25.5. The van der Waals surface area contributed by atoms with Crippen LogP contribution in [0.25, 0.3) is 33.1 Å². The Balaban J connectivity index is 1.59. The van der Waals surface area contributed by atoms with Gasteiger partial charge < -0.3 is 10.3 Å². The molecule has 4 heterocycles. The van der Waals surface area contributed by atoms with E-state index >= 15 is 4.39 Å². The van der Waals surface area contributed by atoms with Crippen LogP contribution < -0.4 is 5.73 Å². The third kappa shape index (κ3) is 3.04. The van der Waals surface area contributed by atoms with E-state index in [1.165, 1.54) is 10.9 Å². The van der Waals surface area contributed by atoms with Crippen LogP contribution in [0.4, 0.5) is 10.2 Å². The molecule has 0 bridgehead atoms. The van der Waals surface area contributed by atoms with Gasteiger partial charge in [0, 0.05) is 47.3 Å². The number of hydrogen-bond donors (Lipinski definition) is 1. The lowest BCUT2D eigenvalue weighted by Crippen LogP contribution is -2.13. The van der Waals surface area contributed by atoms with E-state index in [4.69, 9.17) is 5.73 Å². The Kier molecular flexibility index (Phi) is 4.28. The van der Waals surface area contributed by atoms with E-state index in [-0.39, 0.29) is 12.3 Å². The largest absolute Gasteiger partial charge is 0.383 e. The van der Waals surface area contributed by atoms with Crippen molar-refractivity contribution in [3.05, 3.63) is 72.3 Å². The number of carbonyl (C=O) groups is 1. The van der Waals surface area contributed by atoms with Crippen molar-refractivity contribution in [2.75, 3.05) is 5.73 Å². The van der Waals surface area contributed by atoms with Gasteiger partial charge >= 0.3 is 0 Å². The van der Waals surface area contributed by atoms with Crippen LogP contribution in [0, 0.1) is 12.7 Å². The van der Waals surface area contributed by atoms with E-state index in [2.05, 4.69) is 15.0 Å². The highest BCUT2D eigenvalue weighted by Gasteiger charge is 2.20. The van der Waals surface area contributed by atoms with Gasteiger partial charge in [-0.05, 0) is 37.3 Å². The number of hydrogen-bond acceptors (Lipinski definition) is 5. The summed E-state index contributed by atoms with van der Waals surface area (Å²) < 4.78 is 18.8. The molecule has 2 N–H and O–H groups in total. The van der Waals surface area contributed by atoms with Crippen LogP contribution in [0.5, 0.6) is 0 Å². The first kappa shape index (κ1) is 18.9. The molecule has 0 fully saturated rings. The van der Waals surface area contributed by atoms with Gasteiger partial charge in [-0.15, -0.1) is 0 Å². The van der Waals surface area contributed by atoms with Crippen LogP contribution in [-0.4, -0.2) is 30.0 Å². The molecule has 0 spiro atoms. The maximum absolute atomic E-state index is 15.6. The molecule has 4 aromatic heterocycles. The second kappa shape index (κ2) is 7.02. The van der Waals surface area contributed by atoms with Crippen LogP contribution >= 0.6 is 0 Å². The molecule has 0 aliphatic rings. The molecular weight excluding hydrogens is 395 g/mol. The minimum absolute atomic E-state index is 0.131. The van der Waals surface area contributed by atoms with Gasteiger partial charge in [-0.1, -0.05) is 6.07 Å². The molecule has 0 saturated carbocycles. The third-order valence-electron chi connectivity index (χ3n) is 5.43. The van der Waals surface area contributed by atoms with E-state index in [0.29, 0.717) is 44.6 Å². The number of aromatic nitrogens is 5. The second-order valence-electron chi connectivity index (χ2n) is 7.50. The fraction of sp³-hybridized carbons (Fsp3) is 0.130. The van der Waals surface area contributed by atoms with Crippen LogP contribution in [0.15, 0.2) is 55.1 Å². The maximum Gasteiger partial charge on any atom is 0.237 e.